The smallest absolute Gasteiger partial charge is 0.0247 e. The molecule has 3 rings (SSSR count). The van der Waals surface area contributed by atoms with Gasteiger partial charge in [0.25, 0.3) is 0 Å². The van der Waals surface area contributed by atoms with Crippen LogP contribution in [0.3, 0.4) is 0 Å². The SMILES string of the molecule is Cc1ccc(CN2CC(C3CC3)NCC2C(C)C)cc1C. The quantitative estimate of drug-likeness (QED) is 0.911. The van der Waals surface area contributed by atoms with Gasteiger partial charge in [0, 0.05) is 31.7 Å². The number of hydrogen-bond donors (Lipinski definition) is 1. The molecule has 0 radical (unpaired) electrons. The van der Waals surface area contributed by atoms with E-state index in [9.17, 15) is 0 Å². The molecule has 2 fully saturated rings. The van der Waals surface area contributed by atoms with Crippen molar-refractivity contribution in [2.24, 2.45) is 11.8 Å². The first-order valence-corrected chi connectivity index (χ1v) is 8.58. The van der Waals surface area contributed by atoms with Gasteiger partial charge < -0.3 is 5.32 Å². The molecule has 0 bridgehead atoms. The van der Waals surface area contributed by atoms with E-state index < -0.39 is 0 Å². The molecule has 2 nitrogen and oxygen atoms in total. The van der Waals surface area contributed by atoms with E-state index in [1.807, 2.05) is 0 Å². The number of nitrogens with one attached hydrogen (secondary N) is 1. The predicted molar refractivity (Wildman–Crippen MR) is 89.5 cm³/mol. The number of aryl methyl sites for hydroxylation is 2. The Hall–Kier alpha value is -0.860. The van der Waals surface area contributed by atoms with Gasteiger partial charge in [-0.15, -0.1) is 0 Å². The minimum atomic E-state index is 0.668. The van der Waals surface area contributed by atoms with E-state index in [0.717, 1.165) is 25.0 Å². The molecule has 1 aliphatic carbocycles. The molecule has 21 heavy (non-hydrogen) atoms. The third-order valence-corrected chi connectivity index (χ3v) is 5.41. The van der Waals surface area contributed by atoms with E-state index in [2.05, 4.69) is 56.1 Å². The van der Waals surface area contributed by atoms with Crippen molar-refractivity contribution in [3.8, 4) is 0 Å². The Kier molecular flexibility index (Phi) is 4.37. The van der Waals surface area contributed by atoms with Crippen LogP contribution in [0.15, 0.2) is 18.2 Å². The maximum atomic E-state index is 3.81. The minimum absolute atomic E-state index is 0.668. The highest BCUT2D eigenvalue weighted by Gasteiger charge is 2.37. The zero-order valence-corrected chi connectivity index (χ0v) is 14.0. The van der Waals surface area contributed by atoms with Crippen LogP contribution in [0.4, 0.5) is 0 Å². The molecule has 2 heteroatoms. The van der Waals surface area contributed by atoms with Crippen molar-refractivity contribution in [2.75, 3.05) is 13.1 Å². The summed E-state index contributed by atoms with van der Waals surface area (Å²) in [6.07, 6.45) is 2.86. The van der Waals surface area contributed by atoms with Gasteiger partial charge in [0.1, 0.15) is 0 Å². The van der Waals surface area contributed by atoms with E-state index >= 15 is 0 Å². The normalized spacial score (nSPS) is 27.3. The Morgan fingerprint density at radius 1 is 1.19 bits per heavy atom. The van der Waals surface area contributed by atoms with E-state index in [1.165, 1.54) is 36.1 Å². The molecule has 2 atom stereocenters. The topological polar surface area (TPSA) is 15.3 Å². The molecular weight excluding hydrogens is 256 g/mol. The van der Waals surface area contributed by atoms with Gasteiger partial charge in [-0.3, -0.25) is 4.90 Å². The lowest BCUT2D eigenvalue weighted by Crippen LogP contribution is -2.58. The van der Waals surface area contributed by atoms with Crippen LogP contribution < -0.4 is 5.32 Å². The maximum absolute atomic E-state index is 3.81. The third kappa shape index (κ3) is 3.49. The highest BCUT2D eigenvalue weighted by Crippen LogP contribution is 2.35. The fourth-order valence-corrected chi connectivity index (χ4v) is 3.64. The van der Waals surface area contributed by atoms with Gasteiger partial charge in [-0.05, 0) is 55.2 Å². The first kappa shape index (κ1) is 15.1. The zero-order chi connectivity index (χ0) is 15.0. The molecule has 2 aliphatic rings. The largest absolute Gasteiger partial charge is 0.311 e. The Labute approximate surface area is 129 Å². The molecule has 1 saturated heterocycles. The van der Waals surface area contributed by atoms with Crippen LogP contribution in [-0.4, -0.2) is 30.1 Å². The number of piperazine rings is 1. The van der Waals surface area contributed by atoms with Gasteiger partial charge in [-0.25, -0.2) is 0 Å². The highest BCUT2D eigenvalue weighted by atomic mass is 15.2. The molecule has 1 aromatic carbocycles. The van der Waals surface area contributed by atoms with Crippen molar-refractivity contribution in [2.45, 2.75) is 59.2 Å². The van der Waals surface area contributed by atoms with Crippen molar-refractivity contribution in [3.63, 3.8) is 0 Å². The standard InChI is InChI=1S/C19H30N2/c1-13(2)19-10-20-18(17-7-8-17)12-21(19)11-16-6-5-14(3)15(4)9-16/h5-6,9,13,17-20H,7-8,10-12H2,1-4H3. The van der Waals surface area contributed by atoms with Gasteiger partial charge in [0.2, 0.25) is 0 Å². The van der Waals surface area contributed by atoms with Gasteiger partial charge in [0.05, 0.1) is 0 Å². The van der Waals surface area contributed by atoms with Crippen molar-refractivity contribution in [1.82, 2.24) is 10.2 Å². The molecular formula is C19H30N2. The second-order valence-corrected chi connectivity index (χ2v) is 7.51. The lowest BCUT2D eigenvalue weighted by atomic mass is 9.96. The first-order chi connectivity index (χ1) is 10.0. The van der Waals surface area contributed by atoms with Gasteiger partial charge in [-0.1, -0.05) is 32.0 Å². The predicted octanol–water partition coefficient (Wildman–Crippen LogP) is 3.51. The molecule has 1 saturated carbocycles. The van der Waals surface area contributed by atoms with Crippen molar-refractivity contribution < 1.29 is 0 Å². The number of nitrogens with zero attached hydrogens (tertiary/aromatic N) is 1. The average molecular weight is 286 g/mol. The van der Waals surface area contributed by atoms with Crippen LogP contribution >= 0.6 is 0 Å². The van der Waals surface area contributed by atoms with E-state index in [0.29, 0.717) is 12.0 Å². The molecule has 1 heterocycles. The van der Waals surface area contributed by atoms with Crippen LogP contribution in [0.5, 0.6) is 0 Å². The first-order valence-electron chi connectivity index (χ1n) is 8.58. The molecule has 1 N–H and O–H groups in total. The monoisotopic (exact) mass is 286 g/mol. The van der Waals surface area contributed by atoms with Crippen LogP contribution in [0.2, 0.25) is 0 Å². The summed E-state index contributed by atoms with van der Waals surface area (Å²) < 4.78 is 0. The van der Waals surface area contributed by atoms with Crippen molar-refractivity contribution >= 4 is 0 Å². The molecule has 1 aromatic rings. The van der Waals surface area contributed by atoms with E-state index in [1.54, 1.807) is 0 Å². The van der Waals surface area contributed by atoms with Crippen LogP contribution in [0.1, 0.15) is 43.4 Å². The second-order valence-electron chi connectivity index (χ2n) is 7.51. The molecule has 0 aromatic heterocycles. The number of hydrogen-bond acceptors (Lipinski definition) is 2. The molecule has 2 unspecified atom stereocenters. The lowest BCUT2D eigenvalue weighted by Gasteiger charge is -2.42. The van der Waals surface area contributed by atoms with Crippen LogP contribution in [-0.2, 0) is 6.54 Å². The molecule has 1 aliphatic heterocycles. The van der Waals surface area contributed by atoms with Gasteiger partial charge in [-0.2, -0.15) is 0 Å². The van der Waals surface area contributed by atoms with Crippen LogP contribution in [0.25, 0.3) is 0 Å². The lowest BCUT2D eigenvalue weighted by molar-refractivity contribution is 0.0852. The summed E-state index contributed by atoms with van der Waals surface area (Å²) in [7, 11) is 0. The fourth-order valence-electron chi connectivity index (χ4n) is 3.64. The number of benzene rings is 1. The Morgan fingerprint density at radius 3 is 2.57 bits per heavy atom. The maximum Gasteiger partial charge on any atom is 0.0247 e. The average Bonchev–Trinajstić information content (AvgIpc) is 3.27. The Morgan fingerprint density at radius 2 is 1.95 bits per heavy atom. The van der Waals surface area contributed by atoms with Crippen LogP contribution in [0, 0.1) is 25.7 Å². The Bertz CT molecular complexity index is 490. The second kappa shape index (κ2) is 6.10. The van der Waals surface area contributed by atoms with Crippen molar-refractivity contribution in [1.29, 1.82) is 0 Å². The third-order valence-electron chi connectivity index (χ3n) is 5.41. The number of rotatable bonds is 4. The molecule has 0 spiro atoms. The summed E-state index contributed by atoms with van der Waals surface area (Å²) in [5.74, 6) is 1.66. The zero-order valence-electron chi connectivity index (χ0n) is 14.0. The summed E-state index contributed by atoms with van der Waals surface area (Å²) in [4.78, 5) is 2.73. The highest BCUT2D eigenvalue weighted by molar-refractivity contribution is 5.30. The fraction of sp³-hybridized carbons (Fsp3) is 0.684. The van der Waals surface area contributed by atoms with E-state index in [4.69, 9.17) is 0 Å². The molecule has 0 amide bonds. The Balaban J connectivity index is 1.73. The summed E-state index contributed by atoms with van der Waals surface area (Å²) in [6.45, 7) is 12.6. The minimum Gasteiger partial charge on any atom is -0.311 e. The van der Waals surface area contributed by atoms with Crippen molar-refractivity contribution in [3.05, 3.63) is 34.9 Å². The molecule has 116 valence electrons. The summed E-state index contributed by atoms with van der Waals surface area (Å²) in [5.41, 5.74) is 4.29. The van der Waals surface area contributed by atoms with E-state index in [-0.39, 0.29) is 0 Å². The summed E-state index contributed by atoms with van der Waals surface area (Å²) in [5, 5.41) is 3.81. The van der Waals surface area contributed by atoms with Gasteiger partial charge >= 0.3 is 0 Å². The summed E-state index contributed by atoms with van der Waals surface area (Å²) >= 11 is 0. The van der Waals surface area contributed by atoms with Gasteiger partial charge in [0.15, 0.2) is 0 Å². The summed E-state index contributed by atoms with van der Waals surface area (Å²) in [6, 6.07) is 8.36.